The van der Waals surface area contributed by atoms with E-state index in [1.165, 1.54) is 50.7 Å². The van der Waals surface area contributed by atoms with Crippen LogP contribution in [0.5, 0.6) is 11.5 Å². The van der Waals surface area contributed by atoms with Gasteiger partial charge in [0.05, 0.1) is 5.92 Å². The highest BCUT2D eigenvalue weighted by molar-refractivity contribution is 5.75. The number of esters is 1. The molecule has 1 aromatic rings. The van der Waals surface area contributed by atoms with Crippen LogP contribution in [0.4, 0.5) is 13.2 Å². The quantitative estimate of drug-likeness (QED) is 0.270. The van der Waals surface area contributed by atoms with Gasteiger partial charge in [0.2, 0.25) is 0 Å². The van der Waals surface area contributed by atoms with Gasteiger partial charge in [-0.2, -0.15) is 0 Å². The number of hydrogen-bond acceptors (Lipinski definition) is 3. The van der Waals surface area contributed by atoms with Crippen molar-refractivity contribution >= 4 is 5.97 Å². The van der Waals surface area contributed by atoms with Crippen molar-refractivity contribution in [3.63, 3.8) is 0 Å². The Morgan fingerprint density at radius 2 is 1.56 bits per heavy atom. The Labute approximate surface area is 159 Å². The minimum atomic E-state index is -4.73. The van der Waals surface area contributed by atoms with Gasteiger partial charge in [-0.25, -0.2) is 0 Å². The molecule has 1 fully saturated rings. The molecule has 27 heavy (non-hydrogen) atoms. The van der Waals surface area contributed by atoms with Crippen LogP contribution < -0.4 is 9.47 Å². The van der Waals surface area contributed by atoms with Crippen molar-refractivity contribution in [2.24, 2.45) is 11.8 Å². The molecule has 0 spiro atoms. The molecule has 0 atom stereocenters. The minimum Gasteiger partial charge on any atom is -0.426 e. The Balaban J connectivity index is 1.70. The molecule has 0 radical (unpaired) electrons. The molecular formula is C21H29F3O3. The molecule has 1 aliphatic rings. The fourth-order valence-corrected chi connectivity index (χ4v) is 3.63. The molecule has 152 valence electrons. The average Bonchev–Trinajstić information content (AvgIpc) is 2.62. The predicted octanol–water partition coefficient (Wildman–Crippen LogP) is 6.66. The first-order chi connectivity index (χ1) is 12.9. The van der Waals surface area contributed by atoms with Crippen LogP contribution in [0.2, 0.25) is 0 Å². The first kappa shape index (κ1) is 21.6. The summed E-state index contributed by atoms with van der Waals surface area (Å²) in [5.41, 5.74) is 0. The molecule has 0 unspecified atom stereocenters. The lowest BCUT2D eigenvalue weighted by molar-refractivity contribution is -0.274. The molecule has 0 aliphatic heterocycles. The van der Waals surface area contributed by atoms with Gasteiger partial charge in [-0.1, -0.05) is 45.4 Å². The zero-order valence-corrected chi connectivity index (χ0v) is 15.9. The molecule has 0 heterocycles. The summed E-state index contributed by atoms with van der Waals surface area (Å²) in [5.74, 6) is 0.206. The van der Waals surface area contributed by atoms with Gasteiger partial charge in [-0.05, 0) is 55.9 Å². The number of unbranched alkanes of at least 4 members (excludes halogenated alkanes) is 4. The topological polar surface area (TPSA) is 35.5 Å². The highest BCUT2D eigenvalue weighted by Crippen LogP contribution is 2.33. The molecule has 1 saturated carbocycles. The van der Waals surface area contributed by atoms with Crippen LogP contribution in [0.1, 0.15) is 71.1 Å². The Morgan fingerprint density at radius 3 is 2.15 bits per heavy atom. The van der Waals surface area contributed by atoms with Crippen LogP contribution in [-0.2, 0) is 4.79 Å². The summed E-state index contributed by atoms with van der Waals surface area (Å²) in [7, 11) is 0. The van der Waals surface area contributed by atoms with Crippen molar-refractivity contribution in [2.45, 2.75) is 77.5 Å². The smallest absolute Gasteiger partial charge is 0.426 e. The second-order valence-corrected chi connectivity index (χ2v) is 7.36. The van der Waals surface area contributed by atoms with Crippen LogP contribution in [0.25, 0.3) is 0 Å². The van der Waals surface area contributed by atoms with E-state index in [2.05, 4.69) is 11.7 Å². The fourth-order valence-electron chi connectivity index (χ4n) is 3.63. The van der Waals surface area contributed by atoms with Crippen molar-refractivity contribution in [2.75, 3.05) is 0 Å². The summed E-state index contributed by atoms with van der Waals surface area (Å²) in [6, 6.07) is 4.93. The zero-order chi connectivity index (χ0) is 19.7. The number of rotatable bonds is 9. The number of halogens is 3. The summed E-state index contributed by atoms with van der Waals surface area (Å²) in [4.78, 5) is 12.3. The molecule has 0 aromatic heterocycles. The first-order valence-electron chi connectivity index (χ1n) is 9.95. The van der Waals surface area contributed by atoms with Crippen molar-refractivity contribution in [1.29, 1.82) is 0 Å². The van der Waals surface area contributed by atoms with Crippen molar-refractivity contribution in [3.05, 3.63) is 24.3 Å². The van der Waals surface area contributed by atoms with Gasteiger partial charge in [0.25, 0.3) is 0 Å². The number of ether oxygens (including phenoxy) is 2. The molecule has 0 bridgehead atoms. The van der Waals surface area contributed by atoms with Gasteiger partial charge in [0.1, 0.15) is 11.5 Å². The summed E-state index contributed by atoms with van der Waals surface area (Å²) in [6.45, 7) is 2.21. The van der Waals surface area contributed by atoms with Gasteiger partial charge in [0, 0.05) is 0 Å². The minimum absolute atomic E-state index is 0.118. The molecule has 0 amide bonds. The molecule has 1 aliphatic carbocycles. The standard InChI is InChI=1S/C21H29F3O3/c1-2-3-4-5-6-7-16-8-10-17(11-9-16)20(25)26-18-12-14-19(15-13-18)27-21(22,23)24/h12-17H,2-11H2,1H3/t16-,17-. The molecule has 6 heteroatoms. The first-order valence-corrected chi connectivity index (χ1v) is 9.95. The number of carbonyl (C=O) groups is 1. The van der Waals surface area contributed by atoms with E-state index < -0.39 is 6.36 Å². The van der Waals surface area contributed by atoms with E-state index in [0.29, 0.717) is 5.92 Å². The largest absolute Gasteiger partial charge is 0.573 e. The van der Waals surface area contributed by atoms with E-state index >= 15 is 0 Å². The lowest BCUT2D eigenvalue weighted by atomic mass is 9.80. The second-order valence-electron chi connectivity index (χ2n) is 7.36. The van der Waals surface area contributed by atoms with Crippen molar-refractivity contribution < 1.29 is 27.4 Å². The molecule has 3 nitrogen and oxygen atoms in total. The van der Waals surface area contributed by atoms with Gasteiger partial charge in [-0.3, -0.25) is 4.79 Å². The summed E-state index contributed by atoms with van der Waals surface area (Å²) >= 11 is 0. The van der Waals surface area contributed by atoms with Crippen LogP contribution >= 0.6 is 0 Å². The van der Waals surface area contributed by atoms with E-state index in [1.807, 2.05) is 0 Å². The molecule has 1 aromatic carbocycles. The summed E-state index contributed by atoms with van der Waals surface area (Å²) < 4.78 is 45.6. The highest BCUT2D eigenvalue weighted by atomic mass is 19.4. The Morgan fingerprint density at radius 1 is 0.963 bits per heavy atom. The van der Waals surface area contributed by atoms with Crippen molar-refractivity contribution in [1.82, 2.24) is 0 Å². The summed E-state index contributed by atoms with van der Waals surface area (Å²) in [5, 5.41) is 0. The number of carbonyl (C=O) groups excluding carboxylic acids is 1. The zero-order valence-electron chi connectivity index (χ0n) is 15.9. The molecule has 0 saturated heterocycles. The van der Waals surface area contributed by atoms with E-state index in [1.54, 1.807) is 0 Å². The average molecular weight is 386 g/mol. The van der Waals surface area contributed by atoms with Crippen LogP contribution in [-0.4, -0.2) is 12.3 Å². The van der Waals surface area contributed by atoms with Gasteiger partial charge < -0.3 is 9.47 Å². The maximum absolute atomic E-state index is 12.3. The van der Waals surface area contributed by atoms with Gasteiger partial charge in [-0.15, -0.1) is 13.2 Å². The third-order valence-corrected chi connectivity index (χ3v) is 5.17. The Bertz CT molecular complexity index is 561. The Hall–Kier alpha value is -1.72. The van der Waals surface area contributed by atoms with E-state index in [4.69, 9.17) is 4.74 Å². The normalized spacial score (nSPS) is 20.3. The maximum Gasteiger partial charge on any atom is 0.573 e. The van der Waals surface area contributed by atoms with E-state index in [-0.39, 0.29) is 23.4 Å². The van der Waals surface area contributed by atoms with Crippen LogP contribution in [0.3, 0.4) is 0 Å². The van der Waals surface area contributed by atoms with E-state index in [9.17, 15) is 18.0 Å². The SMILES string of the molecule is CCCCCCC[C@H]1CC[C@H](C(=O)Oc2ccc(OC(F)(F)F)cc2)CC1. The highest BCUT2D eigenvalue weighted by Gasteiger charge is 2.31. The van der Waals surface area contributed by atoms with Gasteiger partial charge in [0.15, 0.2) is 0 Å². The molecular weight excluding hydrogens is 357 g/mol. The Kier molecular flexibility index (Phi) is 8.45. The fraction of sp³-hybridized carbons (Fsp3) is 0.667. The third kappa shape index (κ3) is 8.22. The predicted molar refractivity (Wildman–Crippen MR) is 97.6 cm³/mol. The van der Waals surface area contributed by atoms with E-state index in [0.717, 1.165) is 37.8 Å². The number of hydrogen-bond donors (Lipinski definition) is 0. The lowest BCUT2D eigenvalue weighted by Crippen LogP contribution is -2.25. The number of benzene rings is 1. The third-order valence-electron chi connectivity index (χ3n) is 5.17. The van der Waals surface area contributed by atoms with Crippen LogP contribution in [0, 0.1) is 11.8 Å². The molecule has 0 N–H and O–H groups in total. The maximum atomic E-state index is 12.3. The lowest BCUT2D eigenvalue weighted by Gasteiger charge is -2.27. The second kappa shape index (κ2) is 10.6. The number of alkyl halides is 3. The van der Waals surface area contributed by atoms with Gasteiger partial charge >= 0.3 is 12.3 Å². The molecule has 2 rings (SSSR count). The van der Waals surface area contributed by atoms with Crippen molar-refractivity contribution in [3.8, 4) is 11.5 Å². The van der Waals surface area contributed by atoms with Crippen LogP contribution in [0.15, 0.2) is 24.3 Å². The summed E-state index contributed by atoms with van der Waals surface area (Å²) in [6.07, 6.45) is 6.70. The monoisotopic (exact) mass is 386 g/mol.